The number of benzene rings is 3. The second-order valence-corrected chi connectivity index (χ2v) is 9.15. The molecule has 3 aromatic carbocycles. The quantitative estimate of drug-likeness (QED) is 0.305. The molecule has 0 N–H and O–H groups in total. The molecule has 4 aromatic rings. The first-order chi connectivity index (χ1) is 15.1. The highest BCUT2D eigenvalue weighted by Gasteiger charge is 2.42. The van der Waals surface area contributed by atoms with Gasteiger partial charge in [-0.25, -0.2) is 9.13 Å². The first-order valence-corrected chi connectivity index (χ1v) is 11.3. The van der Waals surface area contributed by atoms with Gasteiger partial charge in [-0.3, -0.25) is 0 Å². The van der Waals surface area contributed by atoms with E-state index in [-0.39, 0.29) is 5.41 Å². The zero-order valence-corrected chi connectivity index (χ0v) is 18.9. The van der Waals surface area contributed by atoms with Crippen molar-refractivity contribution >= 4 is 0 Å². The molecule has 0 radical (unpaired) electrons. The highest BCUT2D eigenvalue weighted by molar-refractivity contribution is 5.31. The van der Waals surface area contributed by atoms with Crippen molar-refractivity contribution in [2.45, 2.75) is 45.2 Å². The third kappa shape index (κ3) is 4.80. The maximum Gasteiger partial charge on any atom is 0.244 e. The van der Waals surface area contributed by atoms with Gasteiger partial charge in [0.1, 0.15) is 25.0 Å². The van der Waals surface area contributed by atoms with Crippen molar-refractivity contribution in [3.63, 3.8) is 0 Å². The summed E-state index contributed by atoms with van der Waals surface area (Å²) in [6.07, 6.45) is 7.73. The van der Waals surface area contributed by atoms with Crippen LogP contribution >= 0.6 is 0 Å². The van der Waals surface area contributed by atoms with Crippen LogP contribution in [-0.2, 0) is 18.4 Å². The molecular weight excluding hydrogens is 376 g/mol. The summed E-state index contributed by atoms with van der Waals surface area (Å²) >= 11 is 0. The molecule has 0 aliphatic rings. The van der Waals surface area contributed by atoms with Gasteiger partial charge in [0, 0.05) is 5.41 Å². The minimum Gasteiger partial charge on any atom is -0.233 e. The van der Waals surface area contributed by atoms with E-state index in [2.05, 4.69) is 140 Å². The van der Waals surface area contributed by atoms with Crippen LogP contribution in [0.3, 0.4) is 0 Å². The molecule has 0 saturated carbocycles. The summed E-state index contributed by atoms with van der Waals surface area (Å²) in [7, 11) is 0. The van der Waals surface area contributed by atoms with E-state index < -0.39 is 0 Å². The molecule has 31 heavy (non-hydrogen) atoms. The van der Waals surface area contributed by atoms with Gasteiger partial charge in [-0.1, -0.05) is 112 Å². The van der Waals surface area contributed by atoms with Gasteiger partial charge in [-0.05, 0) is 29.0 Å². The summed E-state index contributed by atoms with van der Waals surface area (Å²) < 4.78 is 4.72. The first-order valence-electron chi connectivity index (χ1n) is 11.3. The summed E-state index contributed by atoms with van der Waals surface area (Å²) in [6, 6.07) is 32.9. The fourth-order valence-corrected chi connectivity index (χ4v) is 5.09. The minimum atomic E-state index is -0.0413. The maximum atomic E-state index is 2.43. The average Bonchev–Trinajstić information content (AvgIpc) is 3.23. The van der Waals surface area contributed by atoms with E-state index in [0.717, 1.165) is 13.0 Å². The Morgan fingerprint density at radius 2 is 1.32 bits per heavy atom. The van der Waals surface area contributed by atoms with E-state index in [9.17, 15) is 0 Å². The molecule has 0 fully saturated rings. The van der Waals surface area contributed by atoms with Gasteiger partial charge in [0.05, 0.1) is 0 Å². The lowest BCUT2D eigenvalue weighted by atomic mass is 9.68. The van der Waals surface area contributed by atoms with Crippen LogP contribution < -0.4 is 4.57 Å². The third-order valence-electron chi connectivity index (χ3n) is 6.37. The van der Waals surface area contributed by atoms with Crippen molar-refractivity contribution in [1.29, 1.82) is 0 Å². The smallest absolute Gasteiger partial charge is 0.233 e. The van der Waals surface area contributed by atoms with Crippen LogP contribution in [0.15, 0.2) is 110 Å². The Morgan fingerprint density at radius 1 is 0.774 bits per heavy atom. The van der Waals surface area contributed by atoms with Gasteiger partial charge in [0.2, 0.25) is 6.33 Å². The average molecular weight is 410 g/mol. The Morgan fingerprint density at radius 3 is 1.90 bits per heavy atom. The molecule has 0 aliphatic heterocycles. The van der Waals surface area contributed by atoms with Gasteiger partial charge in [-0.15, -0.1) is 0 Å². The third-order valence-corrected chi connectivity index (χ3v) is 6.37. The fraction of sp³-hybridized carbons (Fsp3) is 0.276. The molecule has 1 heterocycles. The van der Waals surface area contributed by atoms with Crippen LogP contribution in [0.5, 0.6) is 0 Å². The predicted molar refractivity (Wildman–Crippen MR) is 128 cm³/mol. The lowest BCUT2D eigenvalue weighted by Gasteiger charge is -2.38. The molecule has 2 unspecified atom stereocenters. The van der Waals surface area contributed by atoms with Gasteiger partial charge >= 0.3 is 0 Å². The van der Waals surface area contributed by atoms with E-state index in [0.29, 0.717) is 12.0 Å². The molecule has 2 nitrogen and oxygen atoms in total. The van der Waals surface area contributed by atoms with E-state index in [1.807, 2.05) is 0 Å². The Kier molecular flexibility index (Phi) is 6.36. The zero-order chi connectivity index (χ0) is 21.7. The number of hydrogen-bond donors (Lipinski definition) is 0. The summed E-state index contributed by atoms with van der Waals surface area (Å²) in [6.45, 7) is 8.01. The minimum absolute atomic E-state index is 0.0413. The molecule has 0 bridgehead atoms. The Labute approximate surface area is 186 Å². The van der Waals surface area contributed by atoms with Crippen LogP contribution in [0.25, 0.3) is 0 Å². The number of hydrogen-bond acceptors (Lipinski definition) is 0. The van der Waals surface area contributed by atoms with E-state index >= 15 is 0 Å². The number of rotatable bonds is 8. The van der Waals surface area contributed by atoms with Crippen LogP contribution in [0.4, 0.5) is 0 Å². The second-order valence-electron chi connectivity index (χ2n) is 9.15. The Bertz CT molecular complexity index is 1070. The van der Waals surface area contributed by atoms with Crippen molar-refractivity contribution in [2.24, 2.45) is 5.92 Å². The molecule has 0 spiro atoms. The highest BCUT2D eigenvalue weighted by atomic mass is 15.1. The topological polar surface area (TPSA) is 8.81 Å². The second kappa shape index (κ2) is 9.34. The summed E-state index contributed by atoms with van der Waals surface area (Å²) in [4.78, 5) is 0. The van der Waals surface area contributed by atoms with E-state index in [1.54, 1.807) is 0 Å². The largest absolute Gasteiger partial charge is 0.244 e. The fourth-order valence-electron chi connectivity index (χ4n) is 5.09. The maximum absolute atomic E-state index is 2.43. The highest BCUT2D eigenvalue weighted by Crippen LogP contribution is 2.42. The summed E-state index contributed by atoms with van der Waals surface area (Å²) in [5.74, 6) is 0.478. The van der Waals surface area contributed by atoms with Crippen molar-refractivity contribution in [2.75, 3.05) is 0 Å². The first kappa shape index (κ1) is 21.1. The lowest BCUT2D eigenvalue weighted by Crippen LogP contribution is -2.40. The predicted octanol–water partition coefficient (Wildman–Crippen LogP) is 6.22. The van der Waals surface area contributed by atoms with Crippen LogP contribution in [0.2, 0.25) is 0 Å². The number of aromatic nitrogens is 2. The van der Waals surface area contributed by atoms with Gasteiger partial charge in [0.15, 0.2) is 0 Å². The van der Waals surface area contributed by atoms with Crippen molar-refractivity contribution in [3.05, 3.63) is 126 Å². The Balaban J connectivity index is 1.72. The SMILES string of the molecule is CC(C)C(n1cc[n+](Cc2ccccc2)c1)C(C)(Cc1ccccc1)c1ccccc1. The van der Waals surface area contributed by atoms with Crippen molar-refractivity contribution in [3.8, 4) is 0 Å². The monoisotopic (exact) mass is 409 g/mol. The van der Waals surface area contributed by atoms with Crippen LogP contribution in [-0.4, -0.2) is 4.57 Å². The molecule has 2 heteroatoms. The molecular formula is C29H33N2+. The van der Waals surface area contributed by atoms with E-state index in [1.165, 1.54) is 16.7 Å². The summed E-state index contributed by atoms with van der Waals surface area (Å²) in [5, 5.41) is 0. The normalized spacial score (nSPS) is 14.3. The van der Waals surface area contributed by atoms with E-state index in [4.69, 9.17) is 0 Å². The Hall–Kier alpha value is -3.13. The number of nitrogens with zero attached hydrogens (tertiary/aromatic N) is 2. The molecule has 158 valence electrons. The van der Waals surface area contributed by atoms with Crippen molar-refractivity contribution < 1.29 is 4.57 Å². The molecule has 0 amide bonds. The standard InChI is InChI=1S/C29H33N2/c1-24(2)28(31-20-19-30(23-31)22-26-15-9-5-10-16-26)29(3,27-17-11-6-12-18-27)21-25-13-7-4-8-14-25/h4-20,23-24,28H,21-22H2,1-3H3/q+1. The molecule has 1 aromatic heterocycles. The lowest BCUT2D eigenvalue weighted by molar-refractivity contribution is -0.688. The van der Waals surface area contributed by atoms with Crippen LogP contribution in [0, 0.1) is 5.92 Å². The molecule has 4 rings (SSSR count). The van der Waals surface area contributed by atoms with Gasteiger partial charge in [-0.2, -0.15) is 0 Å². The summed E-state index contributed by atoms with van der Waals surface area (Å²) in [5.41, 5.74) is 4.05. The molecule has 2 atom stereocenters. The zero-order valence-electron chi connectivity index (χ0n) is 18.9. The molecule has 0 saturated heterocycles. The molecule has 0 aliphatic carbocycles. The van der Waals surface area contributed by atoms with Gasteiger partial charge in [0.25, 0.3) is 0 Å². The van der Waals surface area contributed by atoms with Crippen molar-refractivity contribution in [1.82, 2.24) is 4.57 Å². The van der Waals surface area contributed by atoms with Crippen LogP contribution in [0.1, 0.15) is 43.5 Å². The van der Waals surface area contributed by atoms with Gasteiger partial charge < -0.3 is 0 Å². The number of imidazole rings is 1.